The van der Waals surface area contributed by atoms with Gasteiger partial charge in [-0.25, -0.2) is 8.42 Å². The minimum Gasteiger partial charge on any atom is -0.339 e. The zero-order valence-electron chi connectivity index (χ0n) is 17.4. The summed E-state index contributed by atoms with van der Waals surface area (Å²) in [5.41, 5.74) is 0.778. The summed E-state index contributed by atoms with van der Waals surface area (Å²) in [4.78, 5) is 31.7. The fraction of sp³-hybridized carbons (Fsp3) is 0.636. The lowest BCUT2D eigenvalue weighted by molar-refractivity contribution is -0.134. The fourth-order valence-electron chi connectivity index (χ4n) is 4.88. The van der Waals surface area contributed by atoms with Gasteiger partial charge in [0.2, 0.25) is 5.91 Å². The Bertz CT molecular complexity index is 858. The van der Waals surface area contributed by atoms with Crippen molar-refractivity contribution in [1.29, 1.82) is 0 Å². The predicted octanol–water partition coefficient (Wildman–Crippen LogP) is 0.913. The first kappa shape index (κ1) is 21.5. The monoisotopic (exact) mass is 433 g/mol. The smallest absolute Gasteiger partial charge is 0.236 e. The molecule has 3 heterocycles. The van der Waals surface area contributed by atoms with Gasteiger partial charge in [-0.2, -0.15) is 0 Å². The number of likely N-dealkylation sites (tertiary alicyclic amines) is 1. The van der Waals surface area contributed by atoms with Crippen LogP contribution in [0, 0.1) is 5.92 Å². The van der Waals surface area contributed by atoms with Gasteiger partial charge in [-0.3, -0.25) is 19.4 Å². The van der Waals surface area contributed by atoms with E-state index in [1.54, 1.807) is 0 Å². The second-order valence-electron chi connectivity index (χ2n) is 8.75. The number of benzene rings is 1. The number of piperazine rings is 1. The van der Waals surface area contributed by atoms with Crippen LogP contribution in [0.15, 0.2) is 30.3 Å². The van der Waals surface area contributed by atoms with Crippen molar-refractivity contribution in [3.05, 3.63) is 35.9 Å². The maximum absolute atomic E-state index is 12.7. The van der Waals surface area contributed by atoms with Crippen LogP contribution < -0.4 is 0 Å². The first-order chi connectivity index (χ1) is 14.4. The Morgan fingerprint density at radius 3 is 2.17 bits per heavy atom. The highest BCUT2D eigenvalue weighted by Gasteiger charge is 2.35. The minimum atomic E-state index is -2.88. The van der Waals surface area contributed by atoms with E-state index in [2.05, 4.69) is 9.80 Å². The first-order valence-corrected chi connectivity index (χ1v) is 12.8. The number of carbonyl (C=O) groups excluding carboxylic acids is 2. The van der Waals surface area contributed by atoms with Crippen LogP contribution in [0.1, 0.15) is 29.6 Å². The molecule has 1 aromatic rings. The predicted molar refractivity (Wildman–Crippen MR) is 115 cm³/mol. The topological polar surface area (TPSA) is 78.0 Å². The second kappa shape index (κ2) is 9.16. The van der Waals surface area contributed by atoms with E-state index in [1.165, 1.54) is 0 Å². The maximum atomic E-state index is 12.7. The SMILES string of the molecule is O=C(c1ccccc1)C1CCN(CC(=O)N2CCN([C@H]3CCS(=O)(=O)C3)CC2)CC1. The van der Waals surface area contributed by atoms with Gasteiger partial charge in [-0.15, -0.1) is 0 Å². The molecule has 164 valence electrons. The van der Waals surface area contributed by atoms with E-state index in [1.807, 2.05) is 35.2 Å². The van der Waals surface area contributed by atoms with Crippen molar-refractivity contribution in [1.82, 2.24) is 14.7 Å². The molecule has 0 unspecified atom stereocenters. The lowest BCUT2D eigenvalue weighted by Gasteiger charge is -2.39. The lowest BCUT2D eigenvalue weighted by Crippen LogP contribution is -2.54. The third kappa shape index (κ3) is 5.10. The van der Waals surface area contributed by atoms with Gasteiger partial charge in [0, 0.05) is 43.7 Å². The third-order valence-corrected chi connectivity index (χ3v) is 8.52. The summed E-state index contributed by atoms with van der Waals surface area (Å²) in [6, 6.07) is 9.57. The maximum Gasteiger partial charge on any atom is 0.236 e. The molecule has 7 nitrogen and oxygen atoms in total. The summed E-state index contributed by atoms with van der Waals surface area (Å²) >= 11 is 0. The number of carbonyl (C=O) groups is 2. The third-order valence-electron chi connectivity index (χ3n) is 6.77. The van der Waals surface area contributed by atoms with Crippen LogP contribution in [0.4, 0.5) is 0 Å². The highest BCUT2D eigenvalue weighted by molar-refractivity contribution is 7.91. The number of sulfone groups is 1. The molecular weight excluding hydrogens is 402 g/mol. The van der Waals surface area contributed by atoms with Crippen molar-refractivity contribution < 1.29 is 18.0 Å². The van der Waals surface area contributed by atoms with Crippen LogP contribution in [-0.2, 0) is 14.6 Å². The zero-order chi connectivity index (χ0) is 21.1. The molecule has 1 aromatic carbocycles. The number of rotatable bonds is 5. The molecule has 0 N–H and O–H groups in total. The number of hydrogen-bond donors (Lipinski definition) is 0. The van der Waals surface area contributed by atoms with Gasteiger partial charge in [0.25, 0.3) is 0 Å². The second-order valence-corrected chi connectivity index (χ2v) is 11.0. The molecule has 30 heavy (non-hydrogen) atoms. The van der Waals surface area contributed by atoms with Crippen molar-refractivity contribution >= 4 is 21.5 Å². The molecule has 3 aliphatic rings. The van der Waals surface area contributed by atoms with Crippen LogP contribution in [0.25, 0.3) is 0 Å². The van der Waals surface area contributed by atoms with Crippen LogP contribution in [0.5, 0.6) is 0 Å². The van der Waals surface area contributed by atoms with Crippen molar-refractivity contribution in [2.45, 2.75) is 25.3 Å². The average molecular weight is 434 g/mol. The Kier molecular flexibility index (Phi) is 6.55. The van der Waals surface area contributed by atoms with Crippen molar-refractivity contribution in [2.75, 3.05) is 57.3 Å². The van der Waals surface area contributed by atoms with Gasteiger partial charge in [0.05, 0.1) is 18.1 Å². The van der Waals surface area contributed by atoms with E-state index >= 15 is 0 Å². The first-order valence-electron chi connectivity index (χ1n) is 11.0. The molecule has 3 saturated heterocycles. The number of ketones is 1. The van der Waals surface area contributed by atoms with Gasteiger partial charge in [0.1, 0.15) is 0 Å². The van der Waals surface area contributed by atoms with Gasteiger partial charge >= 0.3 is 0 Å². The number of amides is 1. The molecule has 1 amide bonds. The van der Waals surface area contributed by atoms with E-state index in [0.717, 1.165) is 44.6 Å². The quantitative estimate of drug-likeness (QED) is 0.643. The summed E-state index contributed by atoms with van der Waals surface area (Å²) in [5, 5.41) is 0. The van der Waals surface area contributed by atoms with E-state index < -0.39 is 9.84 Å². The summed E-state index contributed by atoms with van der Waals surface area (Å²) in [5.74, 6) is 0.954. The van der Waals surface area contributed by atoms with Crippen molar-refractivity contribution in [2.24, 2.45) is 5.92 Å². The standard InChI is InChI=1S/C22H31N3O4S/c26-21(25-13-11-24(12-14-25)20-8-15-30(28,29)17-20)16-23-9-6-19(7-10-23)22(27)18-4-2-1-3-5-18/h1-5,19-20H,6-17H2/t20-/m0/s1. The van der Waals surface area contributed by atoms with Crippen LogP contribution in [0.2, 0.25) is 0 Å². The molecule has 3 fully saturated rings. The van der Waals surface area contributed by atoms with E-state index in [-0.39, 0.29) is 29.4 Å². The van der Waals surface area contributed by atoms with E-state index in [9.17, 15) is 18.0 Å². The molecule has 0 spiro atoms. The highest BCUT2D eigenvalue weighted by atomic mass is 32.2. The van der Waals surface area contributed by atoms with Crippen LogP contribution in [-0.4, -0.2) is 98.2 Å². The highest BCUT2D eigenvalue weighted by Crippen LogP contribution is 2.22. The van der Waals surface area contributed by atoms with Gasteiger partial charge in [-0.1, -0.05) is 30.3 Å². The normalized spacial score (nSPS) is 26.0. The fourth-order valence-corrected chi connectivity index (χ4v) is 6.64. The summed E-state index contributed by atoms with van der Waals surface area (Å²) in [7, 11) is -2.88. The van der Waals surface area contributed by atoms with Crippen LogP contribution >= 0.6 is 0 Å². The van der Waals surface area contributed by atoms with Crippen molar-refractivity contribution in [3.63, 3.8) is 0 Å². The molecule has 0 radical (unpaired) electrons. The van der Waals surface area contributed by atoms with Crippen LogP contribution in [0.3, 0.4) is 0 Å². The van der Waals surface area contributed by atoms with Gasteiger partial charge in [0.15, 0.2) is 15.6 Å². The van der Waals surface area contributed by atoms with E-state index in [0.29, 0.717) is 31.8 Å². The minimum absolute atomic E-state index is 0.0463. The molecule has 1 atom stereocenters. The largest absolute Gasteiger partial charge is 0.339 e. The van der Waals surface area contributed by atoms with Crippen molar-refractivity contribution in [3.8, 4) is 0 Å². The number of nitrogens with zero attached hydrogens (tertiary/aromatic N) is 3. The number of Topliss-reactive ketones (excluding diaryl/α,β-unsaturated/α-hetero) is 1. The lowest BCUT2D eigenvalue weighted by atomic mass is 9.89. The van der Waals surface area contributed by atoms with Gasteiger partial charge in [-0.05, 0) is 32.4 Å². The Morgan fingerprint density at radius 2 is 1.57 bits per heavy atom. The van der Waals surface area contributed by atoms with Gasteiger partial charge < -0.3 is 4.90 Å². The number of hydrogen-bond acceptors (Lipinski definition) is 6. The molecule has 8 heteroatoms. The Hall–Kier alpha value is -1.77. The summed E-state index contributed by atoms with van der Waals surface area (Å²) in [6.07, 6.45) is 2.31. The molecule has 3 aliphatic heterocycles. The molecular formula is C22H31N3O4S. The molecule has 0 aliphatic carbocycles. The summed E-state index contributed by atoms with van der Waals surface area (Å²) in [6.45, 7) is 4.78. The average Bonchev–Trinajstić information content (AvgIpc) is 3.14. The Balaban J connectivity index is 1.20. The molecule has 0 aromatic heterocycles. The Labute approximate surface area is 178 Å². The molecule has 0 bridgehead atoms. The molecule has 4 rings (SSSR count). The van der Waals surface area contributed by atoms with E-state index in [4.69, 9.17) is 0 Å². The summed E-state index contributed by atoms with van der Waals surface area (Å²) < 4.78 is 23.4. The number of piperidine rings is 1. The molecule has 0 saturated carbocycles. The zero-order valence-corrected chi connectivity index (χ0v) is 18.2. The Morgan fingerprint density at radius 1 is 0.900 bits per heavy atom.